The second kappa shape index (κ2) is 5.97. The number of benzene rings is 1. The van der Waals surface area contributed by atoms with E-state index >= 15 is 0 Å². The second-order valence-corrected chi connectivity index (χ2v) is 5.17. The molecule has 22 heavy (non-hydrogen) atoms. The Morgan fingerprint density at radius 1 is 1.32 bits per heavy atom. The third kappa shape index (κ3) is 2.98. The lowest BCUT2D eigenvalue weighted by Crippen LogP contribution is -2.25. The van der Waals surface area contributed by atoms with Gasteiger partial charge in [-0.3, -0.25) is 4.79 Å². The zero-order valence-corrected chi connectivity index (χ0v) is 12.2. The van der Waals surface area contributed by atoms with Crippen molar-refractivity contribution in [3.05, 3.63) is 71.4 Å². The summed E-state index contributed by atoms with van der Waals surface area (Å²) in [6.07, 6.45) is 4.49. The van der Waals surface area contributed by atoms with Gasteiger partial charge in [-0.15, -0.1) is 0 Å². The van der Waals surface area contributed by atoms with E-state index in [1.54, 1.807) is 19.1 Å². The molecule has 0 spiro atoms. The third-order valence-electron chi connectivity index (χ3n) is 3.51. The van der Waals surface area contributed by atoms with Crippen molar-refractivity contribution in [2.24, 2.45) is 0 Å². The number of rotatable bonds is 4. The molecule has 0 aliphatic carbocycles. The highest BCUT2D eigenvalue weighted by molar-refractivity contribution is 5.94. The normalized spacial score (nSPS) is 10.8. The first-order valence-electron chi connectivity index (χ1n) is 7.10. The van der Waals surface area contributed by atoms with Crippen molar-refractivity contribution in [2.45, 2.75) is 13.3 Å². The quantitative estimate of drug-likeness (QED) is 0.805. The fourth-order valence-electron chi connectivity index (χ4n) is 2.25. The van der Waals surface area contributed by atoms with Gasteiger partial charge in [0.25, 0.3) is 5.91 Å². The summed E-state index contributed by atoms with van der Waals surface area (Å²) in [6.45, 7) is 2.12. The highest BCUT2D eigenvalue weighted by atomic mass is 19.1. The fourth-order valence-corrected chi connectivity index (χ4v) is 2.25. The Morgan fingerprint density at radius 2 is 2.18 bits per heavy atom. The Balaban J connectivity index is 1.60. The Hall–Kier alpha value is -2.69. The summed E-state index contributed by atoms with van der Waals surface area (Å²) < 4.78 is 15.4. The molecule has 0 fully saturated rings. The summed E-state index contributed by atoms with van der Waals surface area (Å²) in [7, 11) is 0. The van der Waals surface area contributed by atoms with Gasteiger partial charge in [0.05, 0.1) is 5.69 Å². The zero-order chi connectivity index (χ0) is 15.5. The molecule has 1 N–H and O–H groups in total. The molecule has 1 amide bonds. The summed E-state index contributed by atoms with van der Waals surface area (Å²) in [5, 5.41) is 2.78. The number of aromatic nitrogens is 2. The van der Waals surface area contributed by atoms with Gasteiger partial charge in [-0.05, 0) is 36.8 Å². The van der Waals surface area contributed by atoms with E-state index in [1.165, 1.54) is 6.07 Å². The lowest BCUT2D eigenvalue weighted by molar-refractivity contribution is 0.0953. The largest absolute Gasteiger partial charge is 0.352 e. The van der Waals surface area contributed by atoms with Crippen LogP contribution < -0.4 is 5.32 Å². The van der Waals surface area contributed by atoms with Gasteiger partial charge in [0.15, 0.2) is 0 Å². The molecule has 0 bridgehead atoms. The van der Waals surface area contributed by atoms with Gasteiger partial charge in [-0.25, -0.2) is 9.37 Å². The molecule has 112 valence electrons. The van der Waals surface area contributed by atoms with E-state index < -0.39 is 0 Å². The number of pyridine rings is 1. The van der Waals surface area contributed by atoms with E-state index in [9.17, 15) is 9.18 Å². The minimum atomic E-state index is -0.368. The standard InChI is InChI=1S/C17H16FN3O/c1-12-5-6-13(10-15(12)18)17(22)19-8-7-14-11-21-9-3-2-4-16(21)20-14/h2-6,9-11H,7-8H2,1H3,(H,19,22). The number of hydrogen-bond donors (Lipinski definition) is 1. The molecule has 0 saturated heterocycles. The number of imidazole rings is 1. The molecule has 0 radical (unpaired) electrons. The number of halogens is 1. The Labute approximate surface area is 127 Å². The molecule has 1 aromatic carbocycles. The average molecular weight is 297 g/mol. The van der Waals surface area contributed by atoms with Gasteiger partial charge in [-0.2, -0.15) is 0 Å². The van der Waals surface area contributed by atoms with Crippen molar-refractivity contribution >= 4 is 11.6 Å². The minimum absolute atomic E-state index is 0.275. The van der Waals surface area contributed by atoms with Gasteiger partial charge < -0.3 is 9.72 Å². The molecule has 5 heteroatoms. The van der Waals surface area contributed by atoms with Crippen LogP contribution in [0.1, 0.15) is 21.6 Å². The van der Waals surface area contributed by atoms with Crippen LogP contribution in [0.3, 0.4) is 0 Å². The van der Waals surface area contributed by atoms with Gasteiger partial charge in [-0.1, -0.05) is 12.1 Å². The second-order valence-electron chi connectivity index (χ2n) is 5.17. The molecule has 0 unspecified atom stereocenters. The van der Waals surface area contributed by atoms with E-state index in [0.717, 1.165) is 11.3 Å². The zero-order valence-electron chi connectivity index (χ0n) is 12.2. The van der Waals surface area contributed by atoms with Crippen LogP contribution in [0.2, 0.25) is 0 Å². The summed E-state index contributed by atoms with van der Waals surface area (Å²) in [6, 6.07) is 10.3. The van der Waals surface area contributed by atoms with Crippen molar-refractivity contribution in [3.8, 4) is 0 Å². The van der Waals surface area contributed by atoms with Gasteiger partial charge >= 0.3 is 0 Å². The van der Waals surface area contributed by atoms with Crippen LogP contribution >= 0.6 is 0 Å². The smallest absolute Gasteiger partial charge is 0.251 e. The van der Waals surface area contributed by atoms with Crippen molar-refractivity contribution in [1.29, 1.82) is 0 Å². The first-order valence-corrected chi connectivity index (χ1v) is 7.10. The fraction of sp³-hybridized carbons (Fsp3) is 0.176. The Kier molecular flexibility index (Phi) is 3.87. The Morgan fingerprint density at radius 3 is 2.95 bits per heavy atom. The monoisotopic (exact) mass is 297 g/mol. The SMILES string of the molecule is Cc1ccc(C(=O)NCCc2cn3ccccc3n2)cc1F. The van der Waals surface area contributed by atoms with Gasteiger partial charge in [0, 0.05) is 30.9 Å². The number of carbonyl (C=O) groups is 1. The number of aryl methyl sites for hydroxylation is 1. The number of fused-ring (bicyclic) bond motifs is 1. The van der Waals surface area contributed by atoms with Crippen molar-refractivity contribution in [1.82, 2.24) is 14.7 Å². The molecule has 0 aliphatic rings. The molecule has 0 atom stereocenters. The lowest BCUT2D eigenvalue weighted by Gasteiger charge is -2.05. The summed E-state index contributed by atoms with van der Waals surface area (Å²) in [4.78, 5) is 16.4. The molecular weight excluding hydrogens is 281 g/mol. The summed E-state index contributed by atoms with van der Waals surface area (Å²) >= 11 is 0. The van der Waals surface area contributed by atoms with Crippen LogP contribution in [-0.2, 0) is 6.42 Å². The Bertz CT molecular complexity index is 793. The predicted octanol–water partition coefficient (Wildman–Crippen LogP) is 2.75. The number of amides is 1. The average Bonchev–Trinajstić information content (AvgIpc) is 2.92. The number of nitrogens with one attached hydrogen (secondary N) is 1. The maximum atomic E-state index is 13.5. The highest BCUT2D eigenvalue weighted by Crippen LogP contribution is 2.09. The lowest BCUT2D eigenvalue weighted by atomic mass is 10.1. The molecule has 3 rings (SSSR count). The van der Waals surface area contributed by atoms with E-state index in [4.69, 9.17) is 0 Å². The highest BCUT2D eigenvalue weighted by Gasteiger charge is 2.08. The number of carbonyl (C=O) groups excluding carboxylic acids is 1. The minimum Gasteiger partial charge on any atom is -0.352 e. The van der Waals surface area contributed by atoms with E-state index in [1.807, 2.05) is 35.0 Å². The molecule has 0 aliphatic heterocycles. The van der Waals surface area contributed by atoms with E-state index in [2.05, 4.69) is 10.3 Å². The van der Waals surface area contributed by atoms with Crippen molar-refractivity contribution < 1.29 is 9.18 Å². The van der Waals surface area contributed by atoms with E-state index in [-0.39, 0.29) is 11.7 Å². The van der Waals surface area contributed by atoms with Crippen molar-refractivity contribution in [3.63, 3.8) is 0 Å². The van der Waals surface area contributed by atoms with Crippen LogP contribution in [0.15, 0.2) is 48.8 Å². The van der Waals surface area contributed by atoms with Crippen LogP contribution in [-0.4, -0.2) is 21.8 Å². The number of nitrogens with zero attached hydrogens (tertiary/aromatic N) is 2. The maximum absolute atomic E-state index is 13.5. The van der Waals surface area contributed by atoms with Crippen molar-refractivity contribution in [2.75, 3.05) is 6.54 Å². The van der Waals surface area contributed by atoms with Crippen LogP contribution in [0.25, 0.3) is 5.65 Å². The summed E-state index contributed by atoms with van der Waals surface area (Å²) in [5.41, 5.74) is 2.64. The molecule has 3 aromatic rings. The molecular formula is C17H16FN3O. The van der Waals surface area contributed by atoms with E-state index in [0.29, 0.717) is 24.1 Å². The van der Waals surface area contributed by atoms with Crippen LogP contribution in [0.4, 0.5) is 4.39 Å². The molecule has 4 nitrogen and oxygen atoms in total. The first-order chi connectivity index (χ1) is 10.6. The number of hydrogen-bond acceptors (Lipinski definition) is 2. The van der Waals surface area contributed by atoms with Crippen LogP contribution in [0, 0.1) is 12.7 Å². The predicted molar refractivity (Wildman–Crippen MR) is 82.4 cm³/mol. The third-order valence-corrected chi connectivity index (χ3v) is 3.51. The molecule has 2 heterocycles. The van der Waals surface area contributed by atoms with Gasteiger partial charge in [0.1, 0.15) is 11.5 Å². The van der Waals surface area contributed by atoms with Gasteiger partial charge in [0.2, 0.25) is 0 Å². The van der Waals surface area contributed by atoms with Crippen LogP contribution in [0.5, 0.6) is 0 Å². The molecule has 0 saturated carbocycles. The maximum Gasteiger partial charge on any atom is 0.251 e. The summed E-state index contributed by atoms with van der Waals surface area (Å²) in [5.74, 6) is -0.643. The topological polar surface area (TPSA) is 46.4 Å². The first kappa shape index (κ1) is 14.3. The molecule has 2 aromatic heterocycles.